The van der Waals surface area contributed by atoms with Crippen LogP contribution in [0.1, 0.15) is 26.2 Å². The molecule has 4 heteroatoms. The average Bonchev–Trinajstić information content (AvgIpc) is 2.89. The molecule has 0 bridgehead atoms. The summed E-state index contributed by atoms with van der Waals surface area (Å²) in [5, 5.41) is 3.52. The van der Waals surface area contributed by atoms with E-state index >= 15 is 0 Å². The Bertz CT molecular complexity index is 475. The number of anilines is 2. The predicted molar refractivity (Wildman–Crippen MR) is 75.5 cm³/mol. The highest BCUT2D eigenvalue weighted by molar-refractivity contribution is 5.77. The molecule has 2 atom stereocenters. The maximum atomic E-state index is 11.7. The quantitative estimate of drug-likeness (QED) is 0.847. The fourth-order valence-corrected chi connectivity index (χ4v) is 3.24. The van der Waals surface area contributed by atoms with Crippen molar-refractivity contribution >= 4 is 17.3 Å². The normalized spacial score (nSPS) is 24.4. The Morgan fingerprint density at radius 2 is 2.32 bits per heavy atom. The van der Waals surface area contributed by atoms with Crippen LogP contribution in [0.2, 0.25) is 0 Å². The second-order valence-corrected chi connectivity index (χ2v) is 5.18. The number of nitrogens with zero attached hydrogens (tertiary/aromatic N) is 1. The lowest BCUT2D eigenvalue weighted by Gasteiger charge is -2.40. The van der Waals surface area contributed by atoms with Crippen molar-refractivity contribution in [3.8, 4) is 0 Å². The van der Waals surface area contributed by atoms with Crippen molar-refractivity contribution in [2.75, 3.05) is 23.4 Å². The largest absolute Gasteiger partial charge is 0.466 e. The monoisotopic (exact) mass is 260 g/mol. The molecule has 2 heterocycles. The molecule has 4 nitrogen and oxygen atoms in total. The first-order valence-corrected chi connectivity index (χ1v) is 7.07. The van der Waals surface area contributed by atoms with Gasteiger partial charge in [-0.05, 0) is 31.9 Å². The Hall–Kier alpha value is -1.71. The van der Waals surface area contributed by atoms with Gasteiger partial charge in [0, 0.05) is 12.6 Å². The van der Waals surface area contributed by atoms with E-state index in [4.69, 9.17) is 4.74 Å². The predicted octanol–water partition coefficient (Wildman–Crippen LogP) is 2.40. The van der Waals surface area contributed by atoms with Crippen LogP contribution in [-0.4, -0.2) is 31.2 Å². The van der Waals surface area contributed by atoms with Crippen molar-refractivity contribution in [3.63, 3.8) is 0 Å². The Kier molecular flexibility index (Phi) is 3.32. The Morgan fingerprint density at radius 1 is 1.47 bits per heavy atom. The average molecular weight is 260 g/mol. The lowest BCUT2D eigenvalue weighted by molar-refractivity contribution is -0.143. The minimum atomic E-state index is -0.105. The molecule has 1 N–H and O–H groups in total. The van der Waals surface area contributed by atoms with E-state index in [1.165, 1.54) is 12.1 Å². The number of para-hydroxylation sites is 2. The van der Waals surface area contributed by atoms with Crippen LogP contribution in [0, 0.1) is 0 Å². The number of benzene rings is 1. The molecule has 0 spiro atoms. The molecule has 2 aliphatic rings. The molecule has 0 aromatic heterocycles. The number of fused-ring (bicyclic) bond motifs is 3. The van der Waals surface area contributed by atoms with Crippen molar-refractivity contribution in [1.82, 2.24) is 0 Å². The summed E-state index contributed by atoms with van der Waals surface area (Å²) in [6.07, 6.45) is 2.79. The van der Waals surface area contributed by atoms with Crippen LogP contribution in [-0.2, 0) is 9.53 Å². The van der Waals surface area contributed by atoms with Crippen molar-refractivity contribution in [1.29, 1.82) is 0 Å². The second-order valence-electron chi connectivity index (χ2n) is 5.18. The molecule has 1 aromatic carbocycles. The van der Waals surface area contributed by atoms with Crippen molar-refractivity contribution < 1.29 is 9.53 Å². The Labute approximate surface area is 113 Å². The number of rotatable bonds is 3. The molecule has 102 valence electrons. The number of ether oxygens (including phenoxy) is 1. The Morgan fingerprint density at radius 3 is 3.16 bits per heavy atom. The molecular formula is C15H20N2O2. The SMILES string of the molecule is CCOC(=O)C[C@@H]1Nc2ccccc2N2CCC[C@@H]12. The Balaban J connectivity index is 1.82. The summed E-state index contributed by atoms with van der Waals surface area (Å²) in [5.74, 6) is -0.105. The summed E-state index contributed by atoms with van der Waals surface area (Å²) in [5.41, 5.74) is 2.40. The fourth-order valence-electron chi connectivity index (χ4n) is 3.24. The molecule has 0 amide bonds. The van der Waals surface area contributed by atoms with Gasteiger partial charge in [0.15, 0.2) is 0 Å². The number of hydrogen-bond donors (Lipinski definition) is 1. The standard InChI is InChI=1S/C15H20N2O2/c1-2-19-15(18)10-12-14-8-5-9-17(14)13-7-4-3-6-11(13)16-12/h3-4,6-7,12,14,16H,2,5,8-10H2,1H3/t12-,14-/m0/s1. The van der Waals surface area contributed by atoms with E-state index in [1.54, 1.807) is 0 Å². The van der Waals surface area contributed by atoms with Crippen LogP contribution >= 0.6 is 0 Å². The third kappa shape index (κ3) is 2.27. The van der Waals surface area contributed by atoms with Gasteiger partial charge in [0.1, 0.15) is 0 Å². The maximum Gasteiger partial charge on any atom is 0.307 e. The van der Waals surface area contributed by atoms with E-state index in [9.17, 15) is 4.79 Å². The van der Waals surface area contributed by atoms with Gasteiger partial charge < -0.3 is 15.0 Å². The highest BCUT2D eigenvalue weighted by Crippen LogP contribution is 2.39. The lowest BCUT2D eigenvalue weighted by Crippen LogP contribution is -2.48. The van der Waals surface area contributed by atoms with E-state index in [-0.39, 0.29) is 12.0 Å². The van der Waals surface area contributed by atoms with Crippen LogP contribution in [0.5, 0.6) is 0 Å². The highest BCUT2D eigenvalue weighted by Gasteiger charge is 2.37. The van der Waals surface area contributed by atoms with Crippen molar-refractivity contribution in [2.24, 2.45) is 0 Å². The number of hydrogen-bond acceptors (Lipinski definition) is 4. The van der Waals surface area contributed by atoms with Crippen LogP contribution in [0.15, 0.2) is 24.3 Å². The summed E-state index contributed by atoms with van der Waals surface area (Å²) < 4.78 is 5.08. The summed E-state index contributed by atoms with van der Waals surface area (Å²) >= 11 is 0. The van der Waals surface area contributed by atoms with Crippen LogP contribution in [0.3, 0.4) is 0 Å². The van der Waals surface area contributed by atoms with Gasteiger partial charge in [-0.3, -0.25) is 4.79 Å². The molecule has 0 unspecified atom stereocenters. The summed E-state index contributed by atoms with van der Waals surface area (Å²) in [6, 6.07) is 8.92. The number of carbonyl (C=O) groups excluding carboxylic acids is 1. The van der Waals surface area contributed by atoms with Gasteiger partial charge in [0.05, 0.1) is 30.4 Å². The molecule has 1 aromatic rings. The molecule has 0 radical (unpaired) electrons. The third-order valence-corrected chi connectivity index (χ3v) is 4.01. The molecule has 19 heavy (non-hydrogen) atoms. The third-order valence-electron chi connectivity index (χ3n) is 4.01. The maximum absolute atomic E-state index is 11.7. The van der Waals surface area contributed by atoms with Gasteiger partial charge >= 0.3 is 5.97 Å². The first-order chi connectivity index (χ1) is 9.29. The van der Waals surface area contributed by atoms with E-state index in [1.807, 2.05) is 13.0 Å². The smallest absolute Gasteiger partial charge is 0.307 e. The van der Waals surface area contributed by atoms with Gasteiger partial charge in [-0.25, -0.2) is 0 Å². The molecular weight excluding hydrogens is 240 g/mol. The summed E-state index contributed by atoms with van der Waals surface area (Å²) in [6.45, 7) is 3.39. The second kappa shape index (κ2) is 5.11. The van der Waals surface area contributed by atoms with Gasteiger partial charge in [0.2, 0.25) is 0 Å². The molecule has 3 rings (SSSR count). The molecule has 1 saturated heterocycles. The van der Waals surface area contributed by atoms with Crippen LogP contribution < -0.4 is 10.2 Å². The zero-order chi connectivity index (χ0) is 13.2. The zero-order valence-corrected chi connectivity index (χ0v) is 11.3. The van der Waals surface area contributed by atoms with Crippen molar-refractivity contribution in [2.45, 2.75) is 38.3 Å². The topological polar surface area (TPSA) is 41.6 Å². The number of carbonyl (C=O) groups is 1. The first-order valence-electron chi connectivity index (χ1n) is 7.07. The lowest BCUT2D eigenvalue weighted by atomic mass is 9.98. The molecule has 2 aliphatic heterocycles. The van der Waals surface area contributed by atoms with E-state index < -0.39 is 0 Å². The summed E-state index contributed by atoms with van der Waals surface area (Å²) in [7, 11) is 0. The van der Waals surface area contributed by atoms with E-state index in [0.29, 0.717) is 19.1 Å². The van der Waals surface area contributed by atoms with Gasteiger partial charge in [-0.15, -0.1) is 0 Å². The molecule has 1 fully saturated rings. The van der Waals surface area contributed by atoms with Gasteiger partial charge in [0.25, 0.3) is 0 Å². The van der Waals surface area contributed by atoms with E-state index in [2.05, 4.69) is 28.4 Å². The minimum Gasteiger partial charge on any atom is -0.466 e. The van der Waals surface area contributed by atoms with Crippen LogP contribution in [0.4, 0.5) is 11.4 Å². The van der Waals surface area contributed by atoms with Crippen LogP contribution in [0.25, 0.3) is 0 Å². The van der Waals surface area contributed by atoms with Gasteiger partial charge in [-0.2, -0.15) is 0 Å². The molecule has 0 saturated carbocycles. The number of esters is 1. The number of nitrogens with one attached hydrogen (secondary N) is 1. The highest BCUT2D eigenvalue weighted by atomic mass is 16.5. The first kappa shape index (κ1) is 12.3. The van der Waals surface area contributed by atoms with Crippen molar-refractivity contribution in [3.05, 3.63) is 24.3 Å². The summed E-state index contributed by atoms with van der Waals surface area (Å²) in [4.78, 5) is 14.2. The zero-order valence-electron chi connectivity index (χ0n) is 11.3. The minimum absolute atomic E-state index is 0.105. The van der Waals surface area contributed by atoms with Gasteiger partial charge in [-0.1, -0.05) is 12.1 Å². The fraction of sp³-hybridized carbons (Fsp3) is 0.533. The molecule has 0 aliphatic carbocycles. The van der Waals surface area contributed by atoms with E-state index in [0.717, 1.165) is 18.7 Å².